The Labute approximate surface area is 179 Å². The average Bonchev–Trinajstić information content (AvgIpc) is 3.49. The summed E-state index contributed by atoms with van der Waals surface area (Å²) in [6, 6.07) is 3.14. The highest BCUT2D eigenvalue weighted by Crippen LogP contribution is 2.54. The van der Waals surface area contributed by atoms with Crippen LogP contribution in [-0.4, -0.2) is 39.8 Å². The van der Waals surface area contributed by atoms with Crippen molar-refractivity contribution in [3.05, 3.63) is 23.4 Å². The lowest BCUT2D eigenvalue weighted by atomic mass is 9.84. The number of amides is 2. The van der Waals surface area contributed by atoms with Gasteiger partial charge in [-0.1, -0.05) is 38.2 Å². The number of hydrogen-bond donors (Lipinski definition) is 3. The number of piperidine rings is 1. The van der Waals surface area contributed by atoms with Gasteiger partial charge in [0.05, 0.1) is 6.04 Å². The summed E-state index contributed by atoms with van der Waals surface area (Å²) >= 11 is 0. The van der Waals surface area contributed by atoms with Crippen molar-refractivity contribution < 1.29 is 9.59 Å². The fourth-order valence-corrected chi connectivity index (χ4v) is 5.60. The standard InChI is InChI=1S/C23H35N5O2/c1-15-17(9-10-20(25)27-15)14-26-22(30)23-13-18(23)8-5-11-28(23)21(29)19(24)12-16-6-3-2-4-7-16/h9-10,16,18-19H,2-8,11-14,24H2,1H3,(H2,25,27)(H,26,30)/t18-,19+,23+/m1/s1. The molecule has 2 aliphatic carbocycles. The lowest BCUT2D eigenvalue weighted by Crippen LogP contribution is -2.58. The molecule has 7 nitrogen and oxygen atoms in total. The molecule has 1 aromatic heterocycles. The van der Waals surface area contributed by atoms with E-state index in [2.05, 4.69) is 10.3 Å². The molecule has 2 saturated carbocycles. The first kappa shape index (κ1) is 21.1. The van der Waals surface area contributed by atoms with E-state index in [0.717, 1.165) is 36.9 Å². The Morgan fingerprint density at radius 1 is 1.23 bits per heavy atom. The SMILES string of the molecule is Cc1nc(N)ccc1CNC(=O)[C@]12C[C@H]1CCCN2C(=O)[C@@H](N)CC1CCCCC1. The van der Waals surface area contributed by atoms with E-state index in [-0.39, 0.29) is 17.7 Å². The van der Waals surface area contributed by atoms with Crippen molar-refractivity contribution in [1.82, 2.24) is 15.2 Å². The van der Waals surface area contributed by atoms with Crippen LogP contribution in [0, 0.1) is 18.8 Å². The molecule has 1 saturated heterocycles. The van der Waals surface area contributed by atoms with Crippen LogP contribution in [0.1, 0.15) is 69.0 Å². The summed E-state index contributed by atoms with van der Waals surface area (Å²) in [4.78, 5) is 32.6. The first-order valence-corrected chi connectivity index (χ1v) is 11.5. The Balaban J connectivity index is 1.41. The van der Waals surface area contributed by atoms with Crippen molar-refractivity contribution >= 4 is 17.6 Å². The number of nitrogens with zero attached hydrogens (tertiary/aromatic N) is 2. The van der Waals surface area contributed by atoms with Gasteiger partial charge >= 0.3 is 0 Å². The number of nitrogen functional groups attached to an aromatic ring is 1. The van der Waals surface area contributed by atoms with Gasteiger partial charge in [-0.3, -0.25) is 9.59 Å². The molecule has 1 aromatic rings. The summed E-state index contributed by atoms with van der Waals surface area (Å²) in [5.41, 5.74) is 13.1. The number of anilines is 1. The number of carbonyl (C=O) groups excluding carboxylic acids is 2. The van der Waals surface area contributed by atoms with Gasteiger partial charge in [0.2, 0.25) is 11.8 Å². The lowest BCUT2D eigenvalue weighted by molar-refractivity contribution is -0.145. The number of rotatable bonds is 6. The third-order valence-corrected chi connectivity index (χ3v) is 7.43. The average molecular weight is 414 g/mol. The summed E-state index contributed by atoms with van der Waals surface area (Å²) < 4.78 is 0. The zero-order chi connectivity index (χ0) is 21.3. The van der Waals surface area contributed by atoms with E-state index in [1.54, 1.807) is 6.07 Å². The molecule has 0 radical (unpaired) electrons. The minimum Gasteiger partial charge on any atom is -0.384 e. The van der Waals surface area contributed by atoms with Crippen molar-refractivity contribution in [3.63, 3.8) is 0 Å². The molecular formula is C23H35N5O2. The summed E-state index contributed by atoms with van der Waals surface area (Å²) in [6.45, 7) is 2.91. The van der Waals surface area contributed by atoms with Crippen molar-refractivity contribution in [2.45, 2.75) is 82.8 Å². The molecule has 2 amide bonds. The van der Waals surface area contributed by atoms with Gasteiger partial charge in [0, 0.05) is 18.8 Å². The van der Waals surface area contributed by atoms with E-state index >= 15 is 0 Å². The molecule has 4 rings (SSSR count). The van der Waals surface area contributed by atoms with E-state index < -0.39 is 11.6 Å². The summed E-state index contributed by atoms with van der Waals surface area (Å²) in [6.07, 6.45) is 9.55. The van der Waals surface area contributed by atoms with Gasteiger partial charge in [-0.2, -0.15) is 0 Å². The van der Waals surface area contributed by atoms with Crippen LogP contribution in [0.2, 0.25) is 0 Å². The smallest absolute Gasteiger partial charge is 0.246 e. The van der Waals surface area contributed by atoms with Crippen molar-refractivity contribution in [1.29, 1.82) is 0 Å². The fraction of sp³-hybridized carbons (Fsp3) is 0.696. The predicted molar refractivity (Wildman–Crippen MR) is 116 cm³/mol. The number of nitrogens with one attached hydrogen (secondary N) is 1. The van der Waals surface area contributed by atoms with Gasteiger partial charge in [0.1, 0.15) is 11.4 Å². The zero-order valence-corrected chi connectivity index (χ0v) is 18.0. The molecule has 3 fully saturated rings. The number of carbonyl (C=O) groups is 2. The highest BCUT2D eigenvalue weighted by molar-refractivity contribution is 5.96. The Morgan fingerprint density at radius 2 is 2.00 bits per heavy atom. The molecule has 0 aromatic carbocycles. The fourth-order valence-electron chi connectivity index (χ4n) is 5.60. The summed E-state index contributed by atoms with van der Waals surface area (Å²) in [5.74, 6) is 1.18. The van der Waals surface area contributed by atoms with Crippen LogP contribution >= 0.6 is 0 Å². The van der Waals surface area contributed by atoms with Crippen LogP contribution in [0.5, 0.6) is 0 Å². The molecule has 0 bridgehead atoms. The second kappa shape index (κ2) is 8.53. The van der Waals surface area contributed by atoms with Crippen molar-refractivity contribution in [2.75, 3.05) is 12.3 Å². The van der Waals surface area contributed by atoms with E-state index in [0.29, 0.717) is 24.8 Å². The summed E-state index contributed by atoms with van der Waals surface area (Å²) in [7, 11) is 0. The maximum Gasteiger partial charge on any atom is 0.246 e. The maximum atomic E-state index is 13.3. The van der Waals surface area contributed by atoms with Crippen LogP contribution in [0.3, 0.4) is 0 Å². The van der Waals surface area contributed by atoms with Crippen LogP contribution < -0.4 is 16.8 Å². The Hall–Kier alpha value is -2.15. The number of pyridine rings is 1. The minimum absolute atomic E-state index is 0.0387. The van der Waals surface area contributed by atoms with Gasteiger partial charge in [0.15, 0.2) is 0 Å². The molecule has 3 aliphatic rings. The highest BCUT2D eigenvalue weighted by Gasteiger charge is 2.66. The maximum absolute atomic E-state index is 13.3. The molecule has 0 spiro atoms. The van der Waals surface area contributed by atoms with Crippen LogP contribution in [0.25, 0.3) is 0 Å². The molecule has 164 valence electrons. The predicted octanol–water partition coefficient (Wildman–Crippen LogP) is 2.27. The number of likely N-dealkylation sites (tertiary alicyclic amines) is 1. The van der Waals surface area contributed by atoms with Gasteiger partial charge in [-0.15, -0.1) is 0 Å². The molecule has 5 N–H and O–H groups in total. The number of fused-ring (bicyclic) bond motifs is 1. The first-order valence-electron chi connectivity index (χ1n) is 11.5. The topological polar surface area (TPSA) is 114 Å². The molecule has 2 heterocycles. The van der Waals surface area contributed by atoms with Crippen LogP contribution in [-0.2, 0) is 16.1 Å². The van der Waals surface area contributed by atoms with Gasteiger partial charge < -0.3 is 21.7 Å². The van der Waals surface area contributed by atoms with E-state index in [1.807, 2.05) is 17.9 Å². The molecular weight excluding hydrogens is 378 g/mol. The van der Waals surface area contributed by atoms with Crippen molar-refractivity contribution in [3.8, 4) is 0 Å². The quantitative estimate of drug-likeness (QED) is 0.662. The number of nitrogens with two attached hydrogens (primary N) is 2. The van der Waals surface area contributed by atoms with E-state index in [4.69, 9.17) is 11.5 Å². The van der Waals surface area contributed by atoms with E-state index in [9.17, 15) is 9.59 Å². The first-order chi connectivity index (χ1) is 14.4. The van der Waals surface area contributed by atoms with Gasteiger partial charge in [0.25, 0.3) is 0 Å². The Kier molecular flexibility index (Phi) is 6.00. The second-order valence-electron chi connectivity index (χ2n) is 9.47. The zero-order valence-electron chi connectivity index (χ0n) is 18.0. The molecule has 3 atom stereocenters. The summed E-state index contributed by atoms with van der Waals surface area (Å²) in [5, 5.41) is 3.06. The normalized spacial score (nSPS) is 27.3. The molecule has 30 heavy (non-hydrogen) atoms. The number of aromatic nitrogens is 1. The van der Waals surface area contributed by atoms with Crippen LogP contribution in [0.4, 0.5) is 5.82 Å². The third-order valence-electron chi connectivity index (χ3n) is 7.43. The largest absolute Gasteiger partial charge is 0.384 e. The number of hydrogen-bond acceptors (Lipinski definition) is 5. The highest BCUT2D eigenvalue weighted by atomic mass is 16.2. The molecule has 1 aliphatic heterocycles. The van der Waals surface area contributed by atoms with Crippen LogP contribution in [0.15, 0.2) is 12.1 Å². The van der Waals surface area contributed by atoms with Gasteiger partial charge in [-0.25, -0.2) is 4.98 Å². The lowest BCUT2D eigenvalue weighted by Gasteiger charge is -2.37. The second-order valence-corrected chi connectivity index (χ2v) is 9.47. The molecule has 0 unspecified atom stereocenters. The minimum atomic E-state index is -0.700. The van der Waals surface area contributed by atoms with E-state index in [1.165, 1.54) is 32.1 Å². The number of aryl methyl sites for hydroxylation is 1. The Bertz CT molecular complexity index is 807. The monoisotopic (exact) mass is 413 g/mol. The Morgan fingerprint density at radius 3 is 2.73 bits per heavy atom. The molecule has 7 heteroatoms. The third kappa shape index (κ3) is 4.04. The van der Waals surface area contributed by atoms with Gasteiger partial charge in [-0.05, 0) is 56.1 Å². The van der Waals surface area contributed by atoms with Crippen molar-refractivity contribution in [2.24, 2.45) is 17.6 Å².